The lowest BCUT2D eigenvalue weighted by Crippen LogP contribution is -2.43. The Hall–Kier alpha value is -2.42. The van der Waals surface area contributed by atoms with Crippen LogP contribution in [-0.4, -0.2) is 54.3 Å². The summed E-state index contributed by atoms with van der Waals surface area (Å²) in [5, 5.41) is 13.9. The van der Waals surface area contributed by atoms with Gasteiger partial charge in [0.05, 0.1) is 29.9 Å². The molecule has 0 radical (unpaired) electrons. The molecule has 0 unspecified atom stereocenters. The van der Waals surface area contributed by atoms with E-state index in [-0.39, 0.29) is 23.4 Å². The standard InChI is InChI=1S/C20H23N3O4S/c24-20(15-28-18-8-6-17(7-9-18)23(25)26)21-19(16-4-2-1-3-5-16)14-22-10-12-27-13-11-22/h1-9,19H,10-15H2,(H,21,24)/t19-/m1/s1. The average molecular weight is 401 g/mol. The van der Waals surface area contributed by atoms with E-state index >= 15 is 0 Å². The number of carbonyl (C=O) groups excluding carboxylic acids is 1. The van der Waals surface area contributed by atoms with Crippen molar-refractivity contribution in [1.82, 2.24) is 10.2 Å². The van der Waals surface area contributed by atoms with Crippen molar-refractivity contribution in [2.75, 3.05) is 38.6 Å². The van der Waals surface area contributed by atoms with Gasteiger partial charge in [-0.3, -0.25) is 19.8 Å². The van der Waals surface area contributed by atoms with Gasteiger partial charge in [-0.1, -0.05) is 30.3 Å². The molecule has 1 aliphatic rings. The number of nitrogens with one attached hydrogen (secondary N) is 1. The number of hydrogen-bond acceptors (Lipinski definition) is 6. The number of non-ortho nitro benzene ring substituents is 1. The smallest absolute Gasteiger partial charge is 0.269 e. The predicted octanol–water partition coefficient (Wildman–Crippen LogP) is 2.88. The summed E-state index contributed by atoms with van der Waals surface area (Å²) >= 11 is 1.36. The number of hydrogen-bond donors (Lipinski definition) is 1. The van der Waals surface area contributed by atoms with Crippen LogP contribution in [0.3, 0.4) is 0 Å². The van der Waals surface area contributed by atoms with E-state index in [1.807, 2.05) is 30.3 Å². The van der Waals surface area contributed by atoms with Crippen LogP contribution in [0.4, 0.5) is 5.69 Å². The number of amides is 1. The van der Waals surface area contributed by atoms with Gasteiger partial charge in [-0.15, -0.1) is 11.8 Å². The first-order chi connectivity index (χ1) is 13.6. The zero-order chi connectivity index (χ0) is 19.8. The Morgan fingerprint density at radius 2 is 1.82 bits per heavy atom. The molecular formula is C20H23N3O4S. The average Bonchev–Trinajstić information content (AvgIpc) is 2.73. The molecule has 1 saturated heterocycles. The van der Waals surface area contributed by atoms with E-state index in [1.165, 1.54) is 23.9 Å². The second-order valence-corrected chi connectivity index (χ2v) is 7.53. The van der Waals surface area contributed by atoms with Gasteiger partial charge in [-0.2, -0.15) is 0 Å². The molecule has 8 heteroatoms. The number of morpholine rings is 1. The van der Waals surface area contributed by atoms with Crippen LogP contribution in [0.5, 0.6) is 0 Å². The molecule has 2 aromatic rings. The van der Waals surface area contributed by atoms with E-state index in [0.717, 1.165) is 30.1 Å². The Kier molecular flexibility index (Phi) is 7.41. The first-order valence-electron chi connectivity index (χ1n) is 9.13. The fourth-order valence-electron chi connectivity index (χ4n) is 3.01. The van der Waals surface area contributed by atoms with Crippen molar-refractivity contribution in [3.8, 4) is 0 Å². The van der Waals surface area contributed by atoms with E-state index in [9.17, 15) is 14.9 Å². The summed E-state index contributed by atoms with van der Waals surface area (Å²) in [6.45, 7) is 3.88. The molecule has 0 spiro atoms. The lowest BCUT2D eigenvalue weighted by atomic mass is 10.1. The quantitative estimate of drug-likeness (QED) is 0.416. The van der Waals surface area contributed by atoms with Crippen molar-refractivity contribution < 1.29 is 14.5 Å². The van der Waals surface area contributed by atoms with Crippen LogP contribution in [0.1, 0.15) is 11.6 Å². The van der Waals surface area contributed by atoms with E-state index in [4.69, 9.17) is 4.74 Å². The molecule has 7 nitrogen and oxygen atoms in total. The van der Waals surface area contributed by atoms with Crippen LogP contribution in [0, 0.1) is 10.1 Å². The van der Waals surface area contributed by atoms with Crippen LogP contribution in [0.25, 0.3) is 0 Å². The molecule has 3 rings (SSSR count). The normalized spacial score (nSPS) is 15.7. The van der Waals surface area contributed by atoms with Crippen molar-refractivity contribution in [3.63, 3.8) is 0 Å². The second-order valence-electron chi connectivity index (χ2n) is 6.48. The summed E-state index contributed by atoms with van der Waals surface area (Å²) in [4.78, 5) is 25.9. The van der Waals surface area contributed by atoms with E-state index < -0.39 is 4.92 Å². The minimum atomic E-state index is -0.433. The Balaban J connectivity index is 1.57. The van der Waals surface area contributed by atoms with Gasteiger partial charge in [0, 0.05) is 36.7 Å². The van der Waals surface area contributed by atoms with Gasteiger partial charge in [-0.05, 0) is 17.7 Å². The van der Waals surface area contributed by atoms with Crippen LogP contribution in [0.15, 0.2) is 59.5 Å². The number of nitrogens with zero attached hydrogens (tertiary/aromatic N) is 2. The van der Waals surface area contributed by atoms with Crippen LogP contribution >= 0.6 is 11.8 Å². The molecule has 1 amide bonds. The van der Waals surface area contributed by atoms with Gasteiger partial charge in [0.25, 0.3) is 5.69 Å². The molecule has 1 aliphatic heterocycles. The Labute approximate surface area is 168 Å². The number of nitro groups is 1. The van der Waals surface area contributed by atoms with Crippen molar-refractivity contribution in [2.24, 2.45) is 0 Å². The lowest BCUT2D eigenvalue weighted by Gasteiger charge is -2.31. The topological polar surface area (TPSA) is 84.7 Å². The van der Waals surface area contributed by atoms with E-state index in [1.54, 1.807) is 12.1 Å². The Bertz CT molecular complexity index is 780. The molecule has 0 aromatic heterocycles. The second kappa shape index (κ2) is 10.2. The maximum absolute atomic E-state index is 12.5. The van der Waals surface area contributed by atoms with Gasteiger partial charge < -0.3 is 10.1 Å². The summed E-state index contributed by atoms with van der Waals surface area (Å²) in [7, 11) is 0. The minimum absolute atomic E-state index is 0.0449. The van der Waals surface area contributed by atoms with Crippen LogP contribution < -0.4 is 5.32 Å². The third-order valence-electron chi connectivity index (χ3n) is 4.50. The van der Waals surface area contributed by atoms with Crippen molar-refractivity contribution in [2.45, 2.75) is 10.9 Å². The van der Waals surface area contributed by atoms with Crippen LogP contribution in [-0.2, 0) is 9.53 Å². The number of rotatable bonds is 8. The Morgan fingerprint density at radius 3 is 2.46 bits per heavy atom. The molecule has 1 heterocycles. The van der Waals surface area contributed by atoms with Gasteiger partial charge in [-0.25, -0.2) is 0 Å². The molecule has 148 valence electrons. The van der Waals surface area contributed by atoms with E-state index in [2.05, 4.69) is 10.2 Å². The SMILES string of the molecule is O=C(CSc1ccc([N+](=O)[O-])cc1)N[C@H](CN1CCOCC1)c1ccccc1. The number of nitro benzene ring substituents is 1. The number of thioether (sulfide) groups is 1. The first-order valence-corrected chi connectivity index (χ1v) is 10.1. The highest BCUT2D eigenvalue weighted by Gasteiger charge is 2.20. The summed E-state index contributed by atoms with van der Waals surface area (Å²) in [5.41, 5.74) is 1.12. The fraction of sp³-hybridized carbons (Fsp3) is 0.350. The van der Waals surface area contributed by atoms with Crippen LogP contribution in [0.2, 0.25) is 0 Å². The molecule has 0 bridgehead atoms. The monoisotopic (exact) mass is 401 g/mol. The van der Waals surface area contributed by atoms with Gasteiger partial charge in [0.15, 0.2) is 0 Å². The molecule has 0 saturated carbocycles. The third-order valence-corrected chi connectivity index (χ3v) is 5.51. The number of ether oxygens (including phenoxy) is 1. The maximum atomic E-state index is 12.5. The first kappa shape index (κ1) is 20.3. The van der Waals surface area contributed by atoms with Gasteiger partial charge >= 0.3 is 0 Å². The molecular weight excluding hydrogens is 378 g/mol. The zero-order valence-electron chi connectivity index (χ0n) is 15.5. The number of benzene rings is 2. The highest BCUT2D eigenvalue weighted by atomic mass is 32.2. The predicted molar refractivity (Wildman–Crippen MR) is 108 cm³/mol. The minimum Gasteiger partial charge on any atom is -0.379 e. The third kappa shape index (κ3) is 6.05. The zero-order valence-corrected chi connectivity index (χ0v) is 16.3. The summed E-state index contributed by atoms with van der Waals surface area (Å²) in [6.07, 6.45) is 0. The van der Waals surface area contributed by atoms with Crippen molar-refractivity contribution in [3.05, 3.63) is 70.3 Å². The van der Waals surface area contributed by atoms with Crippen molar-refractivity contribution in [1.29, 1.82) is 0 Å². The molecule has 28 heavy (non-hydrogen) atoms. The summed E-state index contributed by atoms with van der Waals surface area (Å²) in [6, 6.07) is 16.1. The van der Waals surface area contributed by atoms with Gasteiger partial charge in [0.1, 0.15) is 0 Å². The van der Waals surface area contributed by atoms with E-state index in [0.29, 0.717) is 13.2 Å². The van der Waals surface area contributed by atoms with Crippen molar-refractivity contribution >= 4 is 23.4 Å². The lowest BCUT2D eigenvalue weighted by molar-refractivity contribution is -0.384. The summed E-state index contributed by atoms with van der Waals surface area (Å²) < 4.78 is 5.40. The molecule has 0 aliphatic carbocycles. The molecule has 2 aromatic carbocycles. The highest BCUT2D eigenvalue weighted by molar-refractivity contribution is 8.00. The molecule has 1 fully saturated rings. The molecule has 1 N–H and O–H groups in total. The fourth-order valence-corrected chi connectivity index (χ4v) is 3.72. The van der Waals surface area contributed by atoms with Gasteiger partial charge in [0.2, 0.25) is 5.91 Å². The Morgan fingerprint density at radius 1 is 1.14 bits per heavy atom. The highest BCUT2D eigenvalue weighted by Crippen LogP contribution is 2.22. The maximum Gasteiger partial charge on any atom is 0.269 e. The molecule has 1 atom stereocenters. The summed E-state index contributed by atoms with van der Waals surface area (Å²) in [5.74, 6) is 0.190. The largest absolute Gasteiger partial charge is 0.379 e. The number of carbonyl (C=O) groups is 1.